The van der Waals surface area contributed by atoms with E-state index in [2.05, 4.69) is 32.0 Å². The monoisotopic (exact) mass is 462 g/mol. The molecule has 3 rings (SSSR count). The number of anilines is 1. The molecule has 9 heteroatoms. The molecule has 28 heavy (non-hydrogen) atoms. The number of nitrogens with one attached hydrogen (secondary N) is 3. The summed E-state index contributed by atoms with van der Waals surface area (Å²) in [5.74, 6) is -2.18. The summed E-state index contributed by atoms with van der Waals surface area (Å²) in [6.07, 6.45) is 0. The van der Waals surface area contributed by atoms with Crippen molar-refractivity contribution in [3.05, 3.63) is 63.2 Å². The molecule has 7 nitrogen and oxygen atoms in total. The van der Waals surface area contributed by atoms with Gasteiger partial charge in [0.1, 0.15) is 5.69 Å². The Labute approximate surface area is 174 Å². The topological polar surface area (TPSA) is 92.2 Å². The van der Waals surface area contributed by atoms with E-state index in [-0.39, 0.29) is 5.69 Å². The summed E-state index contributed by atoms with van der Waals surface area (Å²) in [6, 6.07) is 12.1. The molecular formula is C19H16BrClN4O3. The van der Waals surface area contributed by atoms with Crippen molar-refractivity contribution in [3.8, 4) is 0 Å². The molecule has 3 amide bonds. The van der Waals surface area contributed by atoms with Crippen molar-refractivity contribution in [2.45, 2.75) is 6.92 Å². The summed E-state index contributed by atoms with van der Waals surface area (Å²) in [6.45, 7) is 1.86. The van der Waals surface area contributed by atoms with Crippen LogP contribution in [0.15, 0.2) is 46.9 Å². The van der Waals surface area contributed by atoms with Crippen molar-refractivity contribution in [2.24, 2.45) is 0 Å². The number of rotatable bonds is 3. The number of amides is 3. The third kappa shape index (κ3) is 4.02. The van der Waals surface area contributed by atoms with Gasteiger partial charge < -0.3 is 10.6 Å². The van der Waals surface area contributed by atoms with Crippen molar-refractivity contribution < 1.29 is 14.4 Å². The van der Waals surface area contributed by atoms with Crippen molar-refractivity contribution in [3.63, 3.8) is 0 Å². The smallest absolute Gasteiger partial charge is 0.328 e. The number of halogens is 2. The van der Waals surface area contributed by atoms with Gasteiger partial charge in [0.2, 0.25) is 0 Å². The third-order valence-corrected chi connectivity index (χ3v) is 4.97. The minimum absolute atomic E-state index is 0.155. The Morgan fingerprint density at radius 1 is 1.04 bits per heavy atom. The van der Waals surface area contributed by atoms with Crippen LogP contribution in [0.4, 0.5) is 5.69 Å². The molecule has 0 aliphatic rings. The minimum Gasteiger partial charge on any atom is -0.351 e. The van der Waals surface area contributed by atoms with Crippen molar-refractivity contribution in [1.29, 1.82) is 0 Å². The van der Waals surface area contributed by atoms with E-state index in [1.165, 1.54) is 11.7 Å². The Morgan fingerprint density at radius 2 is 1.79 bits per heavy atom. The Hall–Kier alpha value is -2.84. The first kappa shape index (κ1) is 19.9. The zero-order valence-electron chi connectivity index (χ0n) is 15.0. The van der Waals surface area contributed by atoms with E-state index in [1.807, 2.05) is 6.92 Å². The van der Waals surface area contributed by atoms with Crippen molar-refractivity contribution in [2.75, 3.05) is 17.8 Å². The van der Waals surface area contributed by atoms with E-state index >= 15 is 0 Å². The highest BCUT2D eigenvalue weighted by atomic mass is 79.9. The van der Waals surface area contributed by atoms with Crippen LogP contribution in [0.2, 0.25) is 5.02 Å². The zero-order valence-corrected chi connectivity index (χ0v) is 17.3. The molecule has 2 aromatic carbocycles. The van der Waals surface area contributed by atoms with E-state index in [1.54, 1.807) is 42.5 Å². The lowest BCUT2D eigenvalue weighted by Crippen LogP contribution is -2.38. The van der Waals surface area contributed by atoms with Crippen LogP contribution in [0.1, 0.15) is 16.1 Å². The van der Waals surface area contributed by atoms with E-state index < -0.39 is 17.7 Å². The van der Waals surface area contributed by atoms with Gasteiger partial charge in [-0.1, -0.05) is 33.6 Å². The molecule has 0 saturated heterocycles. The number of fused-ring (bicyclic) bond motifs is 1. The molecule has 1 heterocycles. The highest BCUT2D eigenvalue weighted by Gasteiger charge is 2.20. The molecule has 0 atom stereocenters. The van der Waals surface area contributed by atoms with Crippen LogP contribution >= 0.6 is 27.5 Å². The highest BCUT2D eigenvalue weighted by molar-refractivity contribution is 9.10. The second kappa shape index (κ2) is 8.04. The number of carbonyl (C=O) groups is 3. The number of nitrogens with zero attached hydrogens (tertiary/aromatic N) is 1. The highest BCUT2D eigenvalue weighted by Crippen LogP contribution is 2.25. The van der Waals surface area contributed by atoms with Gasteiger partial charge in [-0.2, -0.15) is 0 Å². The van der Waals surface area contributed by atoms with Gasteiger partial charge in [-0.05, 0) is 48.9 Å². The lowest BCUT2D eigenvalue weighted by molar-refractivity contribution is -0.136. The van der Waals surface area contributed by atoms with Crippen LogP contribution in [0.3, 0.4) is 0 Å². The molecule has 144 valence electrons. The summed E-state index contributed by atoms with van der Waals surface area (Å²) in [7, 11) is 1.35. The van der Waals surface area contributed by atoms with Gasteiger partial charge >= 0.3 is 11.8 Å². The van der Waals surface area contributed by atoms with Crippen LogP contribution in [0.5, 0.6) is 0 Å². The Morgan fingerprint density at radius 3 is 2.46 bits per heavy atom. The van der Waals surface area contributed by atoms with Crippen LogP contribution < -0.4 is 16.1 Å². The molecule has 1 aromatic heterocycles. The Balaban J connectivity index is 2.01. The van der Waals surface area contributed by atoms with E-state index in [9.17, 15) is 14.4 Å². The van der Waals surface area contributed by atoms with Gasteiger partial charge in [0.25, 0.3) is 5.91 Å². The molecule has 0 radical (unpaired) electrons. The minimum atomic E-state index is -0.893. The van der Waals surface area contributed by atoms with Gasteiger partial charge in [-0.25, -0.2) is 4.68 Å². The average Bonchev–Trinajstić information content (AvgIpc) is 3.01. The predicted octanol–water partition coefficient (Wildman–Crippen LogP) is 3.43. The molecule has 0 bridgehead atoms. The number of hydrogen-bond acceptors (Lipinski definition) is 3. The molecule has 0 aliphatic carbocycles. The number of aromatic nitrogens is 1. The van der Waals surface area contributed by atoms with Gasteiger partial charge in [0, 0.05) is 27.6 Å². The molecule has 0 aliphatic heterocycles. The summed E-state index contributed by atoms with van der Waals surface area (Å²) in [5.41, 5.74) is 4.57. The Bertz CT molecular complexity index is 1110. The summed E-state index contributed by atoms with van der Waals surface area (Å²) >= 11 is 9.49. The fourth-order valence-corrected chi connectivity index (χ4v) is 3.16. The SMILES string of the molecule is CNC(=O)C(=O)Nn1c(C(=O)Nc2ccc(C)c(Cl)c2)cc2cc(Br)ccc21. The zero-order chi connectivity index (χ0) is 20.4. The van der Waals surface area contributed by atoms with Crippen molar-refractivity contribution >= 4 is 61.8 Å². The van der Waals surface area contributed by atoms with E-state index in [4.69, 9.17) is 11.6 Å². The molecule has 0 fully saturated rings. The Kier molecular flexibility index (Phi) is 5.71. The predicted molar refractivity (Wildman–Crippen MR) is 112 cm³/mol. The summed E-state index contributed by atoms with van der Waals surface area (Å²) < 4.78 is 2.09. The fraction of sp³-hybridized carbons (Fsp3) is 0.105. The molecule has 3 N–H and O–H groups in total. The second-order valence-electron chi connectivity index (χ2n) is 6.01. The van der Waals surface area contributed by atoms with Gasteiger partial charge in [-0.15, -0.1) is 0 Å². The van der Waals surface area contributed by atoms with Gasteiger partial charge in [-0.3, -0.25) is 19.8 Å². The third-order valence-electron chi connectivity index (χ3n) is 4.07. The average molecular weight is 464 g/mol. The van der Waals surface area contributed by atoms with Gasteiger partial charge in [0.05, 0.1) is 5.52 Å². The maximum atomic E-state index is 12.9. The summed E-state index contributed by atoms with van der Waals surface area (Å²) in [5, 5.41) is 6.23. The molecule has 3 aromatic rings. The first-order valence-electron chi connectivity index (χ1n) is 8.21. The second-order valence-corrected chi connectivity index (χ2v) is 7.33. The maximum absolute atomic E-state index is 12.9. The molecule has 0 spiro atoms. The normalized spacial score (nSPS) is 10.6. The largest absolute Gasteiger partial charge is 0.351 e. The maximum Gasteiger partial charge on any atom is 0.328 e. The lowest BCUT2D eigenvalue weighted by Gasteiger charge is -2.12. The first-order chi connectivity index (χ1) is 13.3. The van der Waals surface area contributed by atoms with Crippen molar-refractivity contribution in [1.82, 2.24) is 9.99 Å². The van der Waals surface area contributed by atoms with Crippen LogP contribution in [-0.4, -0.2) is 29.4 Å². The molecular weight excluding hydrogens is 448 g/mol. The van der Waals surface area contributed by atoms with E-state index in [0.29, 0.717) is 21.6 Å². The number of aryl methyl sites for hydroxylation is 1. The first-order valence-corrected chi connectivity index (χ1v) is 9.39. The lowest BCUT2D eigenvalue weighted by atomic mass is 10.2. The molecule has 0 saturated carbocycles. The van der Waals surface area contributed by atoms with Gasteiger partial charge in [0.15, 0.2) is 0 Å². The number of likely N-dealkylation sites (N-methyl/N-ethyl adjacent to an activating group) is 1. The fourth-order valence-electron chi connectivity index (χ4n) is 2.61. The van der Waals surface area contributed by atoms with Crippen LogP contribution in [0, 0.1) is 6.92 Å². The van der Waals surface area contributed by atoms with Crippen LogP contribution in [-0.2, 0) is 9.59 Å². The number of carbonyl (C=O) groups excluding carboxylic acids is 3. The number of hydrogen-bond donors (Lipinski definition) is 3. The molecule has 0 unspecified atom stereocenters. The van der Waals surface area contributed by atoms with Crippen LogP contribution in [0.25, 0.3) is 10.9 Å². The number of benzene rings is 2. The standard InChI is InChI=1S/C19H16BrClN4O3/c1-10-3-5-13(9-14(10)21)23-17(26)16-8-11-7-12(20)4-6-15(11)25(16)24-19(28)18(27)22-2/h3-9H,1-2H3,(H,22,27)(H,23,26)(H,24,28). The van der Waals surface area contributed by atoms with E-state index in [0.717, 1.165) is 10.0 Å². The summed E-state index contributed by atoms with van der Waals surface area (Å²) in [4.78, 5) is 36.5. The quantitative estimate of drug-likeness (QED) is 0.520.